The van der Waals surface area contributed by atoms with E-state index in [9.17, 15) is 8.42 Å². The fraction of sp³-hybridized carbons (Fsp3) is 0.667. The largest absolute Gasteiger partial charge is 0.396 e. The molecule has 0 aromatic carbocycles. The van der Waals surface area contributed by atoms with Crippen LogP contribution in [0.15, 0.2) is 18.5 Å². The molecule has 0 aliphatic carbocycles. The van der Waals surface area contributed by atoms with Gasteiger partial charge in [0.1, 0.15) is 0 Å². The molecule has 86 valence electrons. The summed E-state index contributed by atoms with van der Waals surface area (Å²) in [5.41, 5.74) is 0. The Morgan fingerprint density at radius 2 is 2.27 bits per heavy atom. The number of aliphatic hydroxyl groups excluding tert-OH is 1. The molecule has 6 heteroatoms. The third kappa shape index (κ3) is 4.44. The maximum atomic E-state index is 11.5. The highest BCUT2D eigenvalue weighted by Gasteiger charge is 2.15. The standard InChI is InChI=1S/C9H16N2O3S/c1-9(7-12)8-15(13,14)6-5-11-4-2-3-10-11/h2-4,9,12H,5-8H2,1H3. The summed E-state index contributed by atoms with van der Waals surface area (Å²) in [6.45, 7) is 1.99. The van der Waals surface area contributed by atoms with Gasteiger partial charge in [0.05, 0.1) is 18.1 Å². The molecule has 0 fully saturated rings. The van der Waals surface area contributed by atoms with Gasteiger partial charge in [-0.1, -0.05) is 6.92 Å². The summed E-state index contributed by atoms with van der Waals surface area (Å²) in [4.78, 5) is 0. The van der Waals surface area contributed by atoms with E-state index >= 15 is 0 Å². The van der Waals surface area contributed by atoms with Crippen molar-refractivity contribution in [1.82, 2.24) is 9.78 Å². The van der Waals surface area contributed by atoms with Gasteiger partial charge in [0, 0.05) is 19.0 Å². The predicted molar refractivity (Wildman–Crippen MR) is 57.1 cm³/mol. The highest BCUT2D eigenvalue weighted by atomic mass is 32.2. The van der Waals surface area contributed by atoms with E-state index in [0.717, 1.165) is 0 Å². The molecule has 0 saturated carbocycles. The summed E-state index contributed by atoms with van der Waals surface area (Å²) >= 11 is 0. The third-order valence-corrected chi connectivity index (χ3v) is 3.92. The Morgan fingerprint density at radius 1 is 1.53 bits per heavy atom. The fourth-order valence-electron chi connectivity index (χ4n) is 1.23. The number of aromatic nitrogens is 2. The first kappa shape index (κ1) is 12.2. The molecule has 0 aliphatic heterocycles. The zero-order valence-electron chi connectivity index (χ0n) is 8.70. The number of nitrogens with zero attached hydrogens (tertiary/aromatic N) is 2. The van der Waals surface area contributed by atoms with Crippen LogP contribution in [0.2, 0.25) is 0 Å². The normalized spacial score (nSPS) is 14.0. The van der Waals surface area contributed by atoms with Gasteiger partial charge >= 0.3 is 0 Å². The molecule has 1 N–H and O–H groups in total. The first-order valence-corrected chi connectivity index (χ1v) is 6.64. The SMILES string of the molecule is CC(CO)CS(=O)(=O)CCn1cccn1. The number of aryl methyl sites for hydroxylation is 1. The van der Waals surface area contributed by atoms with E-state index in [1.165, 1.54) is 0 Å². The number of hydrogen-bond donors (Lipinski definition) is 1. The maximum Gasteiger partial charge on any atom is 0.152 e. The number of sulfone groups is 1. The van der Waals surface area contributed by atoms with Crippen molar-refractivity contribution in [2.24, 2.45) is 5.92 Å². The summed E-state index contributed by atoms with van der Waals surface area (Å²) in [5.74, 6) is -0.100. The van der Waals surface area contributed by atoms with Crippen molar-refractivity contribution in [1.29, 1.82) is 0 Å². The Balaban J connectivity index is 2.43. The minimum Gasteiger partial charge on any atom is -0.396 e. The quantitative estimate of drug-likeness (QED) is 0.745. The fourth-order valence-corrected chi connectivity index (χ4v) is 2.84. The molecule has 1 heterocycles. The lowest BCUT2D eigenvalue weighted by molar-refractivity contribution is 0.249. The van der Waals surface area contributed by atoms with Crippen LogP contribution < -0.4 is 0 Å². The van der Waals surface area contributed by atoms with Gasteiger partial charge in [-0.15, -0.1) is 0 Å². The van der Waals surface area contributed by atoms with Crippen LogP contribution in [0.25, 0.3) is 0 Å². The first-order valence-electron chi connectivity index (χ1n) is 4.82. The van der Waals surface area contributed by atoms with E-state index < -0.39 is 9.84 Å². The molecule has 1 aromatic heterocycles. The van der Waals surface area contributed by atoms with Crippen LogP contribution in [0.5, 0.6) is 0 Å². The van der Waals surface area contributed by atoms with E-state index in [4.69, 9.17) is 5.11 Å². The van der Waals surface area contributed by atoms with Gasteiger partial charge in [-0.3, -0.25) is 4.68 Å². The Kier molecular flexibility index (Phi) is 4.28. The molecule has 1 rings (SSSR count). The van der Waals surface area contributed by atoms with E-state index in [2.05, 4.69) is 5.10 Å². The zero-order chi connectivity index (χ0) is 11.3. The minimum atomic E-state index is -3.09. The van der Waals surface area contributed by atoms with Crippen LogP contribution in [0.1, 0.15) is 6.92 Å². The van der Waals surface area contributed by atoms with Crippen molar-refractivity contribution < 1.29 is 13.5 Å². The molecule has 1 aromatic rings. The molecular formula is C9H16N2O3S. The van der Waals surface area contributed by atoms with Crippen molar-refractivity contribution in [3.8, 4) is 0 Å². The molecule has 1 atom stereocenters. The Labute approximate surface area is 89.6 Å². The summed E-state index contributed by atoms with van der Waals surface area (Å²) in [6.07, 6.45) is 3.34. The molecule has 1 unspecified atom stereocenters. The highest BCUT2D eigenvalue weighted by molar-refractivity contribution is 7.91. The lowest BCUT2D eigenvalue weighted by Gasteiger charge is -2.08. The molecule has 0 radical (unpaired) electrons. The molecular weight excluding hydrogens is 216 g/mol. The van der Waals surface area contributed by atoms with Gasteiger partial charge in [-0.25, -0.2) is 8.42 Å². The second-order valence-electron chi connectivity index (χ2n) is 3.67. The van der Waals surface area contributed by atoms with Crippen LogP contribution in [-0.4, -0.2) is 41.4 Å². The Bertz CT molecular complexity index is 372. The van der Waals surface area contributed by atoms with Crippen LogP contribution >= 0.6 is 0 Å². The minimum absolute atomic E-state index is 0.0325. The lowest BCUT2D eigenvalue weighted by atomic mass is 10.2. The Morgan fingerprint density at radius 3 is 2.80 bits per heavy atom. The summed E-state index contributed by atoms with van der Waals surface area (Å²) in [6, 6.07) is 1.75. The maximum absolute atomic E-state index is 11.5. The average Bonchev–Trinajstić information content (AvgIpc) is 2.66. The van der Waals surface area contributed by atoms with E-state index in [0.29, 0.717) is 6.54 Å². The summed E-state index contributed by atoms with van der Waals surface area (Å²) < 4.78 is 24.7. The van der Waals surface area contributed by atoms with Gasteiger partial charge in [-0.2, -0.15) is 5.10 Å². The average molecular weight is 232 g/mol. The second-order valence-corrected chi connectivity index (χ2v) is 5.90. The second kappa shape index (κ2) is 5.27. The molecule has 0 bridgehead atoms. The molecule has 0 amide bonds. The van der Waals surface area contributed by atoms with Crippen molar-refractivity contribution in [3.63, 3.8) is 0 Å². The molecule has 15 heavy (non-hydrogen) atoms. The van der Waals surface area contributed by atoms with Crippen LogP contribution in [0.4, 0.5) is 0 Å². The van der Waals surface area contributed by atoms with Crippen molar-refractivity contribution in [3.05, 3.63) is 18.5 Å². The van der Waals surface area contributed by atoms with Gasteiger partial charge in [0.2, 0.25) is 0 Å². The van der Waals surface area contributed by atoms with Gasteiger partial charge in [0.25, 0.3) is 0 Å². The monoisotopic (exact) mass is 232 g/mol. The van der Waals surface area contributed by atoms with Crippen LogP contribution in [0, 0.1) is 5.92 Å². The van der Waals surface area contributed by atoms with E-state index in [1.54, 1.807) is 30.1 Å². The van der Waals surface area contributed by atoms with Crippen molar-refractivity contribution >= 4 is 9.84 Å². The number of rotatable bonds is 6. The highest BCUT2D eigenvalue weighted by Crippen LogP contribution is 2.02. The zero-order valence-corrected chi connectivity index (χ0v) is 9.52. The third-order valence-electron chi connectivity index (χ3n) is 2.04. The molecule has 5 nitrogen and oxygen atoms in total. The molecule has 0 aliphatic rings. The molecule has 0 saturated heterocycles. The van der Waals surface area contributed by atoms with E-state index in [1.807, 2.05) is 0 Å². The molecule has 0 spiro atoms. The Hall–Kier alpha value is -0.880. The van der Waals surface area contributed by atoms with Crippen LogP contribution in [-0.2, 0) is 16.4 Å². The smallest absolute Gasteiger partial charge is 0.152 e. The predicted octanol–water partition coefficient (Wildman–Crippen LogP) is -0.0737. The van der Waals surface area contributed by atoms with Gasteiger partial charge < -0.3 is 5.11 Å². The van der Waals surface area contributed by atoms with E-state index in [-0.39, 0.29) is 24.0 Å². The number of aliphatic hydroxyl groups is 1. The van der Waals surface area contributed by atoms with Gasteiger partial charge in [0.15, 0.2) is 9.84 Å². The number of hydrogen-bond acceptors (Lipinski definition) is 4. The summed E-state index contributed by atoms with van der Waals surface area (Å²) in [7, 11) is -3.09. The van der Waals surface area contributed by atoms with Crippen molar-refractivity contribution in [2.75, 3.05) is 18.1 Å². The summed E-state index contributed by atoms with van der Waals surface area (Å²) in [5, 5.41) is 12.7. The van der Waals surface area contributed by atoms with Gasteiger partial charge in [-0.05, 0) is 12.0 Å². The lowest BCUT2D eigenvalue weighted by Crippen LogP contribution is -2.22. The topological polar surface area (TPSA) is 72.2 Å². The van der Waals surface area contributed by atoms with Crippen LogP contribution in [0.3, 0.4) is 0 Å². The van der Waals surface area contributed by atoms with Crippen molar-refractivity contribution in [2.45, 2.75) is 13.5 Å². The first-order chi connectivity index (χ1) is 7.03.